The lowest BCUT2D eigenvalue weighted by molar-refractivity contribution is -0.166. The molecule has 2 fully saturated rings. The molecule has 3 rings (SSSR count). The molecule has 0 aromatic heterocycles. The van der Waals surface area contributed by atoms with Crippen molar-refractivity contribution in [3.63, 3.8) is 0 Å². The van der Waals surface area contributed by atoms with Crippen molar-refractivity contribution in [3.8, 4) is 0 Å². The average molecular weight is 518 g/mol. The number of hydroxylamine groups is 2. The minimum atomic E-state index is -2.01. The summed E-state index contributed by atoms with van der Waals surface area (Å²) in [7, 11) is -4.00. The Bertz CT molecular complexity index is 859. The molecule has 0 unspecified atom stereocenters. The van der Waals surface area contributed by atoms with Crippen LogP contribution in [0.2, 0.25) is 36.3 Å². The Balaban J connectivity index is 1.97. The summed E-state index contributed by atoms with van der Waals surface area (Å²) in [6.07, 6.45) is 4.89. The van der Waals surface area contributed by atoms with E-state index in [0.29, 0.717) is 5.92 Å². The molecule has 6 heteroatoms. The Morgan fingerprint density at radius 1 is 1.00 bits per heavy atom. The summed E-state index contributed by atoms with van der Waals surface area (Å²) in [6, 6.07) is 10.9. The van der Waals surface area contributed by atoms with E-state index < -0.39 is 16.6 Å². The molecule has 35 heavy (non-hydrogen) atoms. The minimum absolute atomic E-state index is 0.0746. The van der Waals surface area contributed by atoms with E-state index in [9.17, 15) is 0 Å². The normalized spacial score (nSPS) is 28.7. The van der Waals surface area contributed by atoms with Crippen molar-refractivity contribution in [3.05, 3.63) is 48.6 Å². The maximum atomic E-state index is 7.29. The zero-order chi connectivity index (χ0) is 26.3. The highest BCUT2D eigenvalue weighted by molar-refractivity contribution is 6.74. The number of rotatable bonds is 8. The first-order valence-electron chi connectivity index (χ1n) is 13.4. The van der Waals surface area contributed by atoms with Gasteiger partial charge in [0.05, 0.1) is 24.4 Å². The summed E-state index contributed by atoms with van der Waals surface area (Å²) in [5.74, 6) is 0.381. The van der Waals surface area contributed by atoms with Crippen molar-refractivity contribution in [2.75, 3.05) is 6.61 Å². The van der Waals surface area contributed by atoms with Gasteiger partial charge in [-0.2, -0.15) is 5.06 Å². The molecule has 198 valence electrons. The predicted molar refractivity (Wildman–Crippen MR) is 152 cm³/mol. The Kier molecular flexibility index (Phi) is 8.38. The van der Waals surface area contributed by atoms with Crippen LogP contribution in [-0.4, -0.2) is 46.1 Å². The highest BCUT2D eigenvalue weighted by Gasteiger charge is 2.56. The SMILES string of the molecule is C=CC[C@]1(O[Si](C)(C)C(C)(C)C)C[C@@H]2CON(Cc3ccccc3)[C@H]2[C@@H](O[Si](C)(C)C(C)(C)C)C1. The van der Waals surface area contributed by atoms with Gasteiger partial charge in [0.2, 0.25) is 0 Å². The third-order valence-electron chi connectivity index (χ3n) is 9.09. The van der Waals surface area contributed by atoms with Gasteiger partial charge in [0.15, 0.2) is 16.6 Å². The van der Waals surface area contributed by atoms with Crippen LogP contribution in [0.5, 0.6) is 0 Å². The molecule has 0 N–H and O–H groups in total. The van der Waals surface area contributed by atoms with Crippen LogP contribution in [0.1, 0.15) is 66.4 Å². The number of nitrogens with zero attached hydrogens (tertiary/aromatic N) is 1. The van der Waals surface area contributed by atoms with Crippen LogP contribution in [0, 0.1) is 5.92 Å². The lowest BCUT2D eigenvalue weighted by atomic mass is 9.72. The molecule has 4 atom stereocenters. The van der Waals surface area contributed by atoms with Gasteiger partial charge in [0.1, 0.15) is 0 Å². The molecule has 1 aliphatic heterocycles. The summed E-state index contributed by atoms with van der Waals surface area (Å²) >= 11 is 0. The monoisotopic (exact) mass is 517 g/mol. The van der Waals surface area contributed by atoms with Crippen LogP contribution in [0.3, 0.4) is 0 Å². The summed E-state index contributed by atoms with van der Waals surface area (Å²) in [5, 5.41) is 2.52. The average Bonchev–Trinajstić information content (AvgIpc) is 3.09. The fraction of sp³-hybridized carbons (Fsp3) is 0.724. The third kappa shape index (κ3) is 6.39. The van der Waals surface area contributed by atoms with Crippen molar-refractivity contribution in [2.24, 2.45) is 5.92 Å². The quantitative estimate of drug-likeness (QED) is 0.259. The highest BCUT2D eigenvalue weighted by atomic mass is 28.4. The second kappa shape index (κ2) is 10.2. The Hall–Kier alpha value is -0.766. The van der Waals surface area contributed by atoms with E-state index in [0.717, 1.165) is 32.4 Å². The van der Waals surface area contributed by atoms with Crippen LogP contribution in [-0.2, 0) is 20.2 Å². The molecule has 0 radical (unpaired) electrons. The van der Waals surface area contributed by atoms with E-state index in [-0.39, 0.29) is 27.8 Å². The van der Waals surface area contributed by atoms with Gasteiger partial charge in [-0.1, -0.05) is 78.0 Å². The maximum Gasteiger partial charge on any atom is 0.192 e. The second-order valence-electron chi connectivity index (χ2n) is 14.0. The van der Waals surface area contributed by atoms with E-state index in [2.05, 4.69) is 116 Å². The fourth-order valence-electron chi connectivity index (χ4n) is 5.16. The van der Waals surface area contributed by atoms with Gasteiger partial charge < -0.3 is 8.85 Å². The molecule has 1 saturated carbocycles. The first-order chi connectivity index (χ1) is 16.0. The number of hydrogen-bond donors (Lipinski definition) is 0. The smallest absolute Gasteiger partial charge is 0.192 e. The van der Waals surface area contributed by atoms with Gasteiger partial charge in [-0.3, -0.25) is 4.84 Å². The first kappa shape index (κ1) is 28.8. The van der Waals surface area contributed by atoms with Crippen molar-refractivity contribution in [1.29, 1.82) is 0 Å². The van der Waals surface area contributed by atoms with Gasteiger partial charge in [-0.05, 0) is 54.7 Å². The third-order valence-corrected chi connectivity index (χ3v) is 18.1. The van der Waals surface area contributed by atoms with Gasteiger partial charge in [0.25, 0.3) is 0 Å². The van der Waals surface area contributed by atoms with Crippen molar-refractivity contribution < 1.29 is 13.7 Å². The summed E-state index contributed by atoms with van der Waals surface area (Å²) in [5.41, 5.74) is 1.03. The number of benzene rings is 1. The van der Waals surface area contributed by atoms with Gasteiger partial charge in [-0.25, -0.2) is 0 Å². The van der Waals surface area contributed by atoms with Crippen molar-refractivity contribution in [1.82, 2.24) is 5.06 Å². The van der Waals surface area contributed by atoms with E-state index in [1.807, 2.05) is 0 Å². The molecular formula is C29H51NO3Si2. The van der Waals surface area contributed by atoms with E-state index in [4.69, 9.17) is 13.7 Å². The molecular weight excluding hydrogens is 466 g/mol. The summed E-state index contributed by atoms with van der Waals surface area (Å²) < 4.78 is 14.5. The fourth-order valence-corrected chi connectivity index (χ4v) is 8.13. The van der Waals surface area contributed by atoms with Gasteiger partial charge in [0, 0.05) is 18.9 Å². The molecule has 1 aliphatic carbocycles. The molecule has 1 aromatic carbocycles. The topological polar surface area (TPSA) is 30.9 Å². The summed E-state index contributed by atoms with van der Waals surface area (Å²) in [4.78, 5) is 6.40. The predicted octanol–water partition coefficient (Wildman–Crippen LogP) is 7.94. The highest BCUT2D eigenvalue weighted by Crippen LogP contribution is 2.50. The molecule has 1 heterocycles. The van der Waals surface area contributed by atoms with Crippen LogP contribution in [0.15, 0.2) is 43.0 Å². The van der Waals surface area contributed by atoms with E-state index in [1.54, 1.807) is 0 Å². The zero-order valence-corrected chi connectivity index (χ0v) is 26.1. The Morgan fingerprint density at radius 2 is 1.60 bits per heavy atom. The standard InChI is InChI=1S/C29H51NO3Si2/c1-12-18-29(33-35(10,11)28(5,6)7)19-24-22-31-30(21-23-16-14-13-15-17-23)26(24)25(20-29)32-34(8,9)27(2,3)4/h12-17,24-26H,1,18-22H2,2-11H3/t24-,25+,26-,29+/m1/s1. The lowest BCUT2D eigenvalue weighted by Crippen LogP contribution is -2.61. The molecule has 0 amide bonds. The van der Waals surface area contributed by atoms with Gasteiger partial charge >= 0.3 is 0 Å². The number of hydrogen-bond acceptors (Lipinski definition) is 4. The van der Waals surface area contributed by atoms with E-state index >= 15 is 0 Å². The van der Waals surface area contributed by atoms with Crippen LogP contribution < -0.4 is 0 Å². The molecule has 2 aliphatic rings. The van der Waals surface area contributed by atoms with Crippen LogP contribution in [0.25, 0.3) is 0 Å². The summed E-state index contributed by atoms with van der Waals surface area (Å²) in [6.45, 7) is 29.1. The molecule has 1 saturated heterocycles. The minimum Gasteiger partial charge on any atom is -0.412 e. The lowest BCUT2D eigenvalue weighted by Gasteiger charge is -2.53. The second-order valence-corrected chi connectivity index (χ2v) is 23.5. The Morgan fingerprint density at radius 3 is 2.14 bits per heavy atom. The van der Waals surface area contributed by atoms with Crippen molar-refractivity contribution >= 4 is 16.6 Å². The van der Waals surface area contributed by atoms with Gasteiger partial charge in [-0.15, -0.1) is 6.58 Å². The first-order valence-corrected chi connectivity index (χ1v) is 19.2. The van der Waals surface area contributed by atoms with Crippen LogP contribution >= 0.6 is 0 Å². The molecule has 0 spiro atoms. The molecule has 4 nitrogen and oxygen atoms in total. The van der Waals surface area contributed by atoms with E-state index in [1.165, 1.54) is 5.56 Å². The zero-order valence-electron chi connectivity index (χ0n) is 24.1. The van der Waals surface area contributed by atoms with Crippen molar-refractivity contribution in [2.45, 2.75) is 121 Å². The molecule has 0 bridgehead atoms. The maximum absolute atomic E-state index is 7.29. The molecule has 1 aromatic rings. The van der Waals surface area contributed by atoms with Crippen LogP contribution in [0.4, 0.5) is 0 Å². The number of fused-ring (bicyclic) bond motifs is 1. The largest absolute Gasteiger partial charge is 0.412 e. The Labute approximate surface area is 217 Å².